The molecule has 16 heavy (non-hydrogen) atoms. The number of nitrogens with one attached hydrogen (secondary N) is 3. The zero-order chi connectivity index (χ0) is 11.2. The van der Waals surface area contributed by atoms with E-state index in [0.717, 1.165) is 24.9 Å². The van der Waals surface area contributed by atoms with E-state index in [2.05, 4.69) is 15.6 Å². The Bertz CT molecular complexity index is 313. The van der Waals surface area contributed by atoms with Crippen molar-refractivity contribution in [3.05, 3.63) is 24.0 Å². The van der Waals surface area contributed by atoms with Gasteiger partial charge in [0.15, 0.2) is 0 Å². The molecule has 4 nitrogen and oxygen atoms in total. The number of hydrogen-bond donors (Lipinski definition) is 3. The standard InChI is InChI=1S/C12H19N3O/c16-12(11-4-2-1-3-6-14-11)15-9-10-5-7-13-8-10/h5,7-8,11,13-14H,1-4,6,9H2,(H,15,16). The Labute approximate surface area is 95.8 Å². The Kier molecular flexibility index (Phi) is 3.99. The van der Waals surface area contributed by atoms with E-state index < -0.39 is 0 Å². The van der Waals surface area contributed by atoms with Crippen molar-refractivity contribution in [1.82, 2.24) is 15.6 Å². The largest absolute Gasteiger partial charge is 0.367 e. The molecule has 1 unspecified atom stereocenters. The molecule has 2 heterocycles. The van der Waals surface area contributed by atoms with Crippen molar-refractivity contribution in [1.29, 1.82) is 0 Å². The lowest BCUT2D eigenvalue weighted by Crippen LogP contribution is -2.43. The normalized spacial score (nSPS) is 21.4. The van der Waals surface area contributed by atoms with Gasteiger partial charge >= 0.3 is 0 Å². The maximum atomic E-state index is 11.9. The minimum atomic E-state index is 0.00134. The molecule has 4 heteroatoms. The molecule has 0 bridgehead atoms. The van der Waals surface area contributed by atoms with Crippen LogP contribution in [-0.2, 0) is 11.3 Å². The van der Waals surface area contributed by atoms with E-state index in [1.54, 1.807) is 0 Å². The molecule has 0 saturated carbocycles. The topological polar surface area (TPSA) is 56.9 Å². The minimum Gasteiger partial charge on any atom is -0.367 e. The summed E-state index contributed by atoms with van der Waals surface area (Å²) in [4.78, 5) is 14.8. The second kappa shape index (κ2) is 5.70. The van der Waals surface area contributed by atoms with Crippen LogP contribution >= 0.6 is 0 Å². The van der Waals surface area contributed by atoms with Crippen LogP contribution in [0.2, 0.25) is 0 Å². The van der Waals surface area contributed by atoms with Crippen LogP contribution in [0, 0.1) is 0 Å². The van der Waals surface area contributed by atoms with Crippen molar-refractivity contribution in [2.45, 2.75) is 38.3 Å². The lowest BCUT2D eigenvalue weighted by atomic mass is 10.1. The van der Waals surface area contributed by atoms with E-state index >= 15 is 0 Å². The third-order valence-corrected chi connectivity index (χ3v) is 3.01. The van der Waals surface area contributed by atoms with Crippen LogP contribution in [0.15, 0.2) is 18.5 Å². The summed E-state index contributed by atoms with van der Waals surface area (Å²) in [7, 11) is 0. The summed E-state index contributed by atoms with van der Waals surface area (Å²) in [5.74, 6) is 0.128. The van der Waals surface area contributed by atoms with Crippen molar-refractivity contribution in [3.8, 4) is 0 Å². The highest BCUT2D eigenvalue weighted by Gasteiger charge is 2.18. The average molecular weight is 221 g/mol. The average Bonchev–Trinajstić information content (AvgIpc) is 2.66. The number of hydrogen-bond acceptors (Lipinski definition) is 2. The second-order valence-corrected chi connectivity index (χ2v) is 4.29. The van der Waals surface area contributed by atoms with Crippen LogP contribution in [0.4, 0.5) is 0 Å². The van der Waals surface area contributed by atoms with Gasteiger partial charge in [0, 0.05) is 18.9 Å². The summed E-state index contributed by atoms with van der Waals surface area (Å²) in [6, 6.07) is 1.97. The monoisotopic (exact) mass is 221 g/mol. The maximum absolute atomic E-state index is 11.9. The second-order valence-electron chi connectivity index (χ2n) is 4.29. The lowest BCUT2D eigenvalue weighted by Gasteiger charge is -2.15. The molecular weight excluding hydrogens is 202 g/mol. The SMILES string of the molecule is O=C(NCc1cc[nH]c1)C1CCCCCN1. The number of aromatic nitrogens is 1. The summed E-state index contributed by atoms with van der Waals surface area (Å²) in [6.07, 6.45) is 8.29. The molecule has 2 rings (SSSR count). The van der Waals surface area contributed by atoms with E-state index in [1.807, 2.05) is 18.5 Å². The van der Waals surface area contributed by atoms with Gasteiger partial charge in [-0.25, -0.2) is 0 Å². The molecule has 0 radical (unpaired) electrons. The molecular formula is C12H19N3O. The highest BCUT2D eigenvalue weighted by molar-refractivity contribution is 5.81. The third kappa shape index (κ3) is 3.10. The Morgan fingerprint density at radius 1 is 1.44 bits per heavy atom. The van der Waals surface area contributed by atoms with Crippen molar-refractivity contribution < 1.29 is 4.79 Å². The summed E-state index contributed by atoms with van der Waals surface area (Å²) < 4.78 is 0. The summed E-state index contributed by atoms with van der Waals surface area (Å²) >= 11 is 0. The number of rotatable bonds is 3. The first-order valence-corrected chi connectivity index (χ1v) is 5.99. The molecule has 88 valence electrons. The van der Waals surface area contributed by atoms with Gasteiger partial charge < -0.3 is 15.6 Å². The zero-order valence-electron chi connectivity index (χ0n) is 9.46. The highest BCUT2D eigenvalue weighted by atomic mass is 16.2. The van der Waals surface area contributed by atoms with Crippen LogP contribution in [0.1, 0.15) is 31.2 Å². The lowest BCUT2D eigenvalue weighted by molar-refractivity contribution is -0.123. The molecule has 1 saturated heterocycles. The minimum absolute atomic E-state index is 0.00134. The van der Waals surface area contributed by atoms with E-state index in [9.17, 15) is 4.79 Å². The van der Waals surface area contributed by atoms with Crippen molar-refractivity contribution in [3.63, 3.8) is 0 Å². The molecule has 1 amide bonds. The third-order valence-electron chi connectivity index (χ3n) is 3.01. The molecule has 0 aromatic carbocycles. The van der Waals surface area contributed by atoms with Gasteiger partial charge in [0.05, 0.1) is 6.04 Å². The fourth-order valence-electron chi connectivity index (χ4n) is 2.03. The molecule has 3 N–H and O–H groups in total. The molecule has 1 fully saturated rings. The smallest absolute Gasteiger partial charge is 0.237 e. The first-order valence-electron chi connectivity index (χ1n) is 5.99. The predicted octanol–water partition coefficient (Wildman–Crippen LogP) is 1.16. The Hall–Kier alpha value is -1.29. The summed E-state index contributed by atoms with van der Waals surface area (Å²) in [5.41, 5.74) is 1.11. The quantitative estimate of drug-likeness (QED) is 0.717. The van der Waals surface area contributed by atoms with E-state index in [0.29, 0.717) is 6.54 Å². The highest BCUT2D eigenvalue weighted by Crippen LogP contribution is 2.08. The number of H-pyrrole nitrogens is 1. The number of carbonyl (C=O) groups excluding carboxylic acids is 1. The Morgan fingerprint density at radius 3 is 3.19 bits per heavy atom. The summed E-state index contributed by atoms with van der Waals surface area (Å²) in [5, 5.41) is 6.25. The molecule has 0 spiro atoms. The van der Waals surface area contributed by atoms with Crippen molar-refractivity contribution >= 4 is 5.91 Å². The van der Waals surface area contributed by atoms with Gasteiger partial charge in [0.2, 0.25) is 5.91 Å². The van der Waals surface area contributed by atoms with Crippen LogP contribution in [0.25, 0.3) is 0 Å². The number of carbonyl (C=O) groups is 1. The van der Waals surface area contributed by atoms with Gasteiger partial charge in [-0.1, -0.05) is 12.8 Å². The van der Waals surface area contributed by atoms with Gasteiger partial charge in [0.1, 0.15) is 0 Å². The molecule has 1 aromatic heterocycles. The van der Waals surface area contributed by atoms with Crippen LogP contribution < -0.4 is 10.6 Å². The Balaban J connectivity index is 1.78. The van der Waals surface area contributed by atoms with Crippen LogP contribution in [0.5, 0.6) is 0 Å². The van der Waals surface area contributed by atoms with Crippen molar-refractivity contribution in [2.24, 2.45) is 0 Å². The first-order chi connectivity index (χ1) is 7.86. The van der Waals surface area contributed by atoms with E-state index in [4.69, 9.17) is 0 Å². The first kappa shape index (κ1) is 11.2. The molecule has 0 aliphatic carbocycles. The predicted molar refractivity (Wildman–Crippen MR) is 62.9 cm³/mol. The van der Waals surface area contributed by atoms with Crippen LogP contribution in [-0.4, -0.2) is 23.5 Å². The van der Waals surface area contributed by atoms with Crippen LogP contribution in [0.3, 0.4) is 0 Å². The van der Waals surface area contributed by atoms with Gasteiger partial charge in [-0.2, -0.15) is 0 Å². The Morgan fingerprint density at radius 2 is 2.38 bits per heavy atom. The fraction of sp³-hybridized carbons (Fsp3) is 0.583. The van der Waals surface area contributed by atoms with Gasteiger partial charge in [-0.15, -0.1) is 0 Å². The molecule has 1 aliphatic heterocycles. The zero-order valence-corrected chi connectivity index (χ0v) is 9.46. The molecule has 1 aromatic rings. The number of aromatic amines is 1. The van der Waals surface area contributed by atoms with E-state index in [1.165, 1.54) is 12.8 Å². The number of amides is 1. The van der Waals surface area contributed by atoms with E-state index in [-0.39, 0.29) is 11.9 Å². The maximum Gasteiger partial charge on any atom is 0.237 e. The fourth-order valence-corrected chi connectivity index (χ4v) is 2.03. The summed E-state index contributed by atoms with van der Waals surface area (Å²) in [6.45, 7) is 1.57. The van der Waals surface area contributed by atoms with Gasteiger partial charge in [0.25, 0.3) is 0 Å². The molecule has 1 aliphatic rings. The van der Waals surface area contributed by atoms with Gasteiger partial charge in [-0.05, 0) is 31.0 Å². The van der Waals surface area contributed by atoms with Gasteiger partial charge in [-0.3, -0.25) is 4.79 Å². The molecule has 1 atom stereocenters. The van der Waals surface area contributed by atoms with Crippen molar-refractivity contribution in [2.75, 3.05) is 6.54 Å².